The zero-order chi connectivity index (χ0) is 12.3. The number of nitro groups is 1. The molecule has 17 heavy (non-hydrogen) atoms. The van der Waals surface area contributed by atoms with E-state index in [-0.39, 0.29) is 11.4 Å². The smallest absolute Gasteiger partial charge is 0.297 e. The molecule has 0 spiro atoms. The second kappa shape index (κ2) is 4.56. The van der Waals surface area contributed by atoms with Crippen LogP contribution in [0.25, 0.3) is 11.4 Å². The van der Waals surface area contributed by atoms with E-state index in [1.165, 1.54) is 19.2 Å². The van der Waals surface area contributed by atoms with E-state index in [0.29, 0.717) is 11.6 Å². The zero-order valence-corrected chi connectivity index (χ0v) is 9.03. The molecule has 0 fully saturated rings. The molecular formula is C11H9N3O3. The van der Waals surface area contributed by atoms with Gasteiger partial charge in [0.05, 0.1) is 17.7 Å². The fourth-order valence-corrected chi connectivity index (χ4v) is 1.39. The monoisotopic (exact) mass is 231 g/mol. The van der Waals surface area contributed by atoms with Gasteiger partial charge in [-0.15, -0.1) is 0 Å². The summed E-state index contributed by atoms with van der Waals surface area (Å²) in [6.07, 6.45) is 1.56. The number of nitrogens with zero attached hydrogens (tertiary/aromatic N) is 3. The van der Waals surface area contributed by atoms with E-state index < -0.39 is 4.92 Å². The molecule has 6 heteroatoms. The largest absolute Gasteiger partial charge is 0.481 e. The van der Waals surface area contributed by atoms with E-state index in [9.17, 15) is 10.1 Å². The van der Waals surface area contributed by atoms with Gasteiger partial charge in [-0.2, -0.15) is 0 Å². The van der Waals surface area contributed by atoms with E-state index in [1.54, 1.807) is 24.4 Å². The summed E-state index contributed by atoms with van der Waals surface area (Å²) < 4.78 is 4.95. The van der Waals surface area contributed by atoms with Crippen LogP contribution >= 0.6 is 0 Å². The van der Waals surface area contributed by atoms with Crippen molar-refractivity contribution in [2.24, 2.45) is 0 Å². The van der Waals surface area contributed by atoms with E-state index in [2.05, 4.69) is 9.97 Å². The Balaban J connectivity index is 2.61. The molecule has 2 aromatic rings. The first-order valence-electron chi connectivity index (χ1n) is 4.83. The highest BCUT2D eigenvalue weighted by molar-refractivity contribution is 5.66. The average Bonchev–Trinajstić information content (AvgIpc) is 2.39. The molecule has 0 aliphatic heterocycles. The van der Waals surface area contributed by atoms with Crippen molar-refractivity contribution in [2.45, 2.75) is 0 Å². The van der Waals surface area contributed by atoms with Crippen LogP contribution in [0.15, 0.2) is 36.5 Å². The molecule has 2 rings (SSSR count). The Hall–Kier alpha value is -2.50. The number of rotatable bonds is 3. The van der Waals surface area contributed by atoms with Crippen molar-refractivity contribution in [1.29, 1.82) is 0 Å². The van der Waals surface area contributed by atoms with Gasteiger partial charge in [-0.25, -0.2) is 4.98 Å². The minimum absolute atomic E-state index is 0.0931. The molecule has 0 aliphatic carbocycles. The molecule has 86 valence electrons. The Labute approximate surface area is 97.1 Å². The highest BCUT2D eigenvalue weighted by Crippen LogP contribution is 2.28. The maximum atomic E-state index is 10.9. The van der Waals surface area contributed by atoms with Gasteiger partial charge >= 0.3 is 0 Å². The van der Waals surface area contributed by atoms with Gasteiger partial charge in [0.2, 0.25) is 5.88 Å². The van der Waals surface area contributed by atoms with Gasteiger partial charge in [-0.3, -0.25) is 15.1 Å². The van der Waals surface area contributed by atoms with Crippen molar-refractivity contribution in [2.75, 3.05) is 7.11 Å². The van der Waals surface area contributed by atoms with Gasteiger partial charge in [0.25, 0.3) is 5.69 Å². The molecule has 0 N–H and O–H groups in total. The highest BCUT2D eigenvalue weighted by Gasteiger charge is 2.18. The summed E-state index contributed by atoms with van der Waals surface area (Å²) in [4.78, 5) is 18.5. The third kappa shape index (κ3) is 2.20. The van der Waals surface area contributed by atoms with Crippen molar-refractivity contribution < 1.29 is 9.66 Å². The summed E-state index contributed by atoms with van der Waals surface area (Å²) in [6, 6.07) is 7.94. The van der Waals surface area contributed by atoms with Crippen LogP contribution in [0.4, 0.5) is 5.69 Å². The van der Waals surface area contributed by atoms with Crippen molar-refractivity contribution in [3.05, 3.63) is 46.6 Å². The normalized spacial score (nSPS) is 9.94. The third-order valence-corrected chi connectivity index (χ3v) is 2.16. The molecule has 2 aromatic heterocycles. The lowest BCUT2D eigenvalue weighted by Gasteiger charge is -2.03. The van der Waals surface area contributed by atoms with Crippen molar-refractivity contribution >= 4 is 5.69 Å². The summed E-state index contributed by atoms with van der Waals surface area (Å²) in [5, 5.41) is 10.9. The van der Waals surface area contributed by atoms with Gasteiger partial charge in [-0.1, -0.05) is 6.07 Å². The third-order valence-electron chi connectivity index (χ3n) is 2.16. The van der Waals surface area contributed by atoms with Crippen LogP contribution in [-0.4, -0.2) is 22.0 Å². The second-order valence-electron chi connectivity index (χ2n) is 3.19. The minimum atomic E-state index is -0.490. The molecule has 0 aliphatic rings. The quantitative estimate of drug-likeness (QED) is 0.596. The molecule has 6 nitrogen and oxygen atoms in total. The molecule has 0 amide bonds. The maximum Gasteiger partial charge on any atom is 0.297 e. The number of methoxy groups -OCH3 is 1. The molecule has 0 bridgehead atoms. The molecular weight excluding hydrogens is 222 g/mol. The van der Waals surface area contributed by atoms with Crippen LogP contribution in [0, 0.1) is 10.1 Å². The molecule has 0 radical (unpaired) electrons. The molecule has 2 heterocycles. The first kappa shape index (κ1) is 11.0. The number of hydrogen-bond acceptors (Lipinski definition) is 5. The SMILES string of the molecule is COc1ccc([N+](=O)[O-])c(-c2ccccn2)n1. The van der Waals surface area contributed by atoms with Gasteiger partial charge in [0, 0.05) is 18.3 Å². The van der Waals surface area contributed by atoms with Crippen molar-refractivity contribution in [3.8, 4) is 17.3 Å². The van der Waals surface area contributed by atoms with Gasteiger partial charge in [0.1, 0.15) is 0 Å². The lowest BCUT2D eigenvalue weighted by Crippen LogP contribution is -1.98. The van der Waals surface area contributed by atoms with Crippen LogP contribution in [0.2, 0.25) is 0 Å². The lowest BCUT2D eigenvalue weighted by atomic mass is 10.2. The summed E-state index contributed by atoms with van der Waals surface area (Å²) in [5.41, 5.74) is 0.553. The topological polar surface area (TPSA) is 78.2 Å². The summed E-state index contributed by atoms with van der Waals surface area (Å²) in [5.74, 6) is 0.316. The maximum absolute atomic E-state index is 10.9. The van der Waals surface area contributed by atoms with Crippen LogP contribution in [0.1, 0.15) is 0 Å². The number of aromatic nitrogens is 2. The number of ether oxygens (including phenoxy) is 1. The Morgan fingerprint density at radius 3 is 2.71 bits per heavy atom. The van der Waals surface area contributed by atoms with E-state index in [0.717, 1.165) is 0 Å². The Kier molecular flexibility index (Phi) is 2.95. The molecule has 0 aromatic carbocycles. The molecule has 0 saturated carbocycles. The summed E-state index contributed by atoms with van der Waals surface area (Å²) in [6.45, 7) is 0. The Morgan fingerprint density at radius 2 is 2.12 bits per heavy atom. The standard InChI is InChI=1S/C11H9N3O3/c1-17-10-6-5-9(14(15)16)11(13-10)8-4-2-3-7-12-8/h2-7H,1H3. The fourth-order valence-electron chi connectivity index (χ4n) is 1.39. The second-order valence-corrected chi connectivity index (χ2v) is 3.19. The molecule has 0 saturated heterocycles. The van der Waals surface area contributed by atoms with Crippen LogP contribution in [0.5, 0.6) is 5.88 Å². The zero-order valence-electron chi connectivity index (χ0n) is 9.03. The minimum Gasteiger partial charge on any atom is -0.481 e. The predicted octanol–water partition coefficient (Wildman–Crippen LogP) is 2.06. The van der Waals surface area contributed by atoms with Gasteiger partial charge < -0.3 is 4.74 Å². The van der Waals surface area contributed by atoms with Crippen molar-refractivity contribution in [3.63, 3.8) is 0 Å². The first-order valence-corrected chi connectivity index (χ1v) is 4.83. The average molecular weight is 231 g/mol. The van der Waals surface area contributed by atoms with Gasteiger partial charge in [-0.05, 0) is 12.1 Å². The van der Waals surface area contributed by atoms with Crippen molar-refractivity contribution in [1.82, 2.24) is 9.97 Å². The molecule has 0 atom stereocenters. The number of hydrogen-bond donors (Lipinski definition) is 0. The highest BCUT2D eigenvalue weighted by atomic mass is 16.6. The lowest BCUT2D eigenvalue weighted by molar-refractivity contribution is -0.384. The van der Waals surface area contributed by atoms with E-state index in [4.69, 9.17) is 4.74 Å². The van der Waals surface area contributed by atoms with Crippen LogP contribution < -0.4 is 4.74 Å². The summed E-state index contributed by atoms with van der Waals surface area (Å²) >= 11 is 0. The Morgan fingerprint density at radius 1 is 1.29 bits per heavy atom. The Bertz CT molecular complexity index is 543. The summed E-state index contributed by atoms with van der Waals surface area (Å²) in [7, 11) is 1.45. The van der Waals surface area contributed by atoms with Crippen LogP contribution in [0.3, 0.4) is 0 Å². The molecule has 0 unspecified atom stereocenters. The first-order chi connectivity index (χ1) is 8.22. The van der Waals surface area contributed by atoms with E-state index >= 15 is 0 Å². The van der Waals surface area contributed by atoms with Crippen LogP contribution in [-0.2, 0) is 0 Å². The predicted molar refractivity (Wildman–Crippen MR) is 60.7 cm³/mol. The fraction of sp³-hybridized carbons (Fsp3) is 0.0909. The van der Waals surface area contributed by atoms with E-state index in [1.807, 2.05) is 0 Å². The van der Waals surface area contributed by atoms with Gasteiger partial charge in [0.15, 0.2) is 5.69 Å². The number of pyridine rings is 2.